The number of carbonyl (C=O) groups is 2. The predicted molar refractivity (Wildman–Crippen MR) is 63.5 cm³/mol. The van der Waals surface area contributed by atoms with Crippen LogP contribution in [0, 0.1) is 6.92 Å². The number of carbonyl (C=O) groups excluding carboxylic acids is 2. The Morgan fingerprint density at radius 1 is 1.17 bits per heavy atom. The summed E-state index contributed by atoms with van der Waals surface area (Å²) in [5.74, 6) is -1.01. The van der Waals surface area contributed by atoms with Gasteiger partial charge in [-0.25, -0.2) is 9.59 Å². The Hall–Kier alpha value is -2.37. The first kappa shape index (κ1) is 12.1. The molecule has 0 spiro atoms. The summed E-state index contributed by atoms with van der Waals surface area (Å²) in [6, 6.07) is 3.31. The number of ether oxygens (including phenoxy) is 2. The maximum absolute atomic E-state index is 11.6. The van der Waals surface area contributed by atoms with Crippen LogP contribution in [0.25, 0.3) is 10.9 Å². The number of methoxy groups -OCH3 is 2. The molecule has 0 saturated carbocycles. The van der Waals surface area contributed by atoms with Crippen molar-refractivity contribution in [1.82, 2.24) is 10.2 Å². The lowest BCUT2D eigenvalue weighted by molar-refractivity contribution is 0.0587. The van der Waals surface area contributed by atoms with Gasteiger partial charge in [-0.1, -0.05) is 0 Å². The van der Waals surface area contributed by atoms with Crippen molar-refractivity contribution in [2.24, 2.45) is 0 Å². The number of aromatic amines is 1. The molecule has 0 atom stereocenters. The smallest absolute Gasteiger partial charge is 0.359 e. The number of esters is 2. The molecule has 0 aliphatic rings. The van der Waals surface area contributed by atoms with Crippen LogP contribution in [0.5, 0.6) is 0 Å². The zero-order valence-corrected chi connectivity index (χ0v) is 10.2. The Morgan fingerprint density at radius 3 is 2.44 bits per heavy atom. The number of aryl methyl sites for hydroxylation is 1. The van der Waals surface area contributed by atoms with Gasteiger partial charge in [0.1, 0.15) is 0 Å². The molecule has 2 rings (SSSR count). The highest BCUT2D eigenvalue weighted by molar-refractivity contribution is 6.05. The Morgan fingerprint density at radius 2 is 1.83 bits per heavy atom. The van der Waals surface area contributed by atoms with E-state index in [0.29, 0.717) is 16.5 Å². The summed E-state index contributed by atoms with van der Waals surface area (Å²) in [6.07, 6.45) is 0. The summed E-state index contributed by atoms with van der Waals surface area (Å²) in [5.41, 5.74) is 1.96. The Bertz CT molecular complexity index is 630. The van der Waals surface area contributed by atoms with Crippen molar-refractivity contribution in [3.8, 4) is 0 Å². The fourth-order valence-corrected chi connectivity index (χ4v) is 1.75. The second-order valence-corrected chi connectivity index (χ2v) is 3.77. The van der Waals surface area contributed by atoms with Gasteiger partial charge in [-0.2, -0.15) is 5.10 Å². The van der Waals surface area contributed by atoms with E-state index < -0.39 is 11.9 Å². The minimum absolute atomic E-state index is 0.151. The van der Waals surface area contributed by atoms with Crippen LogP contribution in [0.2, 0.25) is 0 Å². The number of nitrogens with one attached hydrogen (secondary N) is 1. The molecule has 6 nitrogen and oxygen atoms in total. The molecule has 1 heterocycles. The van der Waals surface area contributed by atoms with Gasteiger partial charge in [-0.3, -0.25) is 5.10 Å². The normalized spacial score (nSPS) is 10.4. The highest BCUT2D eigenvalue weighted by atomic mass is 16.5. The van der Waals surface area contributed by atoms with E-state index in [-0.39, 0.29) is 5.69 Å². The number of fused-ring (bicyclic) bond motifs is 1. The lowest BCUT2D eigenvalue weighted by Crippen LogP contribution is -2.05. The van der Waals surface area contributed by atoms with Gasteiger partial charge in [0.2, 0.25) is 0 Å². The summed E-state index contributed by atoms with van der Waals surface area (Å²) in [5, 5.41) is 7.14. The molecule has 94 valence electrons. The molecule has 1 N–H and O–H groups in total. The van der Waals surface area contributed by atoms with E-state index in [1.54, 1.807) is 19.1 Å². The second-order valence-electron chi connectivity index (χ2n) is 3.77. The second kappa shape index (κ2) is 4.48. The van der Waals surface area contributed by atoms with Crippen molar-refractivity contribution in [3.05, 3.63) is 29.0 Å². The van der Waals surface area contributed by atoms with Crippen molar-refractivity contribution < 1.29 is 19.1 Å². The van der Waals surface area contributed by atoms with Crippen molar-refractivity contribution >= 4 is 22.8 Å². The maximum atomic E-state index is 11.6. The number of H-pyrrole nitrogens is 1. The van der Waals surface area contributed by atoms with E-state index in [1.165, 1.54) is 14.2 Å². The fourth-order valence-electron chi connectivity index (χ4n) is 1.75. The molecule has 0 amide bonds. The zero-order chi connectivity index (χ0) is 13.3. The van der Waals surface area contributed by atoms with Crippen LogP contribution in [0.4, 0.5) is 0 Å². The first-order valence-corrected chi connectivity index (χ1v) is 5.23. The van der Waals surface area contributed by atoms with Gasteiger partial charge in [0.15, 0.2) is 5.69 Å². The monoisotopic (exact) mass is 248 g/mol. The molecule has 0 aliphatic heterocycles. The molecular weight excluding hydrogens is 236 g/mol. The van der Waals surface area contributed by atoms with E-state index in [4.69, 9.17) is 0 Å². The Labute approximate surface area is 103 Å². The molecule has 0 saturated heterocycles. The van der Waals surface area contributed by atoms with Gasteiger partial charge in [0, 0.05) is 5.39 Å². The molecule has 0 fully saturated rings. The van der Waals surface area contributed by atoms with Crippen LogP contribution in [0.15, 0.2) is 12.1 Å². The number of rotatable bonds is 2. The van der Waals surface area contributed by atoms with Gasteiger partial charge in [0.25, 0.3) is 0 Å². The topological polar surface area (TPSA) is 81.3 Å². The number of nitrogens with zero attached hydrogens (tertiary/aromatic N) is 1. The predicted octanol–water partition coefficient (Wildman–Crippen LogP) is 1.44. The molecule has 1 aromatic carbocycles. The van der Waals surface area contributed by atoms with E-state index >= 15 is 0 Å². The fraction of sp³-hybridized carbons (Fsp3) is 0.250. The van der Waals surface area contributed by atoms with E-state index in [1.807, 2.05) is 0 Å². The third-order valence-electron chi connectivity index (χ3n) is 2.69. The quantitative estimate of drug-likeness (QED) is 0.813. The molecule has 0 aliphatic carbocycles. The molecular formula is C12H12N2O4. The third kappa shape index (κ3) is 1.81. The van der Waals surface area contributed by atoms with Crippen molar-refractivity contribution in [2.45, 2.75) is 6.92 Å². The van der Waals surface area contributed by atoms with Crippen LogP contribution in [-0.2, 0) is 9.47 Å². The number of hydrogen-bond donors (Lipinski definition) is 1. The molecule has 0 unspecified atom stereocenters. The third-order valence-corrected chi connectivity index (χ3v) is 2.69. The largest absolute Gasteiger partial charge is 0.465 e. The number of aromatic nitrogens is 2. The van der Waals surface area contributed by atoms with Crippen molar-refractivity contribution in [1.29, 1.82) is 0 Å². The van der Waals surface area contributed by atoms with E-state index in [9.17, 15) is 9.59 Å². The highest BCUT2D eigenvalue weighted by Crippen LogP contribution is 2.22. The maximum Gasteiger partial charge on any atom is 0.359 e. The first-order chi connectivity index (χ1) is 8.58. The SMILES string of the molecule is COC(=O)c1cc2c(C(=O)OC)n[nH]c2cc1C. The molecule has 0 bridgehead atoms. The molecule has 6 heteroatoms. The van der Waals surface area contributed by atoms with Crippen LogP contribution >= 0.6 is 0 Å². The summed E-state index contributed by atoms with van der Waals surface area (Å²) in [4.78, 5) is 23.1. The Kier molecular flexibility index (Phi) is 3.01. The van der Waals surface area contributed by atoms with Crippen LogP contribution < -0.4 is 0 Å². The standard InChI is InChI=1S/C12H12N2O4/c1-6-4-9-8(5-7(6)11(15)17-2)10(14-13-9)12(16)18-3/h4-5H,1-3H3,(H,13,14). The van der Waals surface area contributed by atoms with Crippen molar-refractivity contribution in [2.75, 3.05) is 14.2 Å². The number of benzene rings is 1. The number of hydrogen-bond acceptors (Lipinski definition) is 5. The Balaban J connectivity index is 2.66. The summed E-state index contributed by atoms with van der Waals surface area (Å²) < 4.78 is 9.31. The molecule has 1 aromatic heterocycles. The summed E-state index contributed by atoms with van der Waals surface area (Å²) in [6.45, 7) is 1.78. The van der Waals surface area contributed by atoms with Crippen LogP contribution in [-0.4, -0.2) is 36.4 Å². The van der Waals surface area contributed by atoms with E-state index in [0.717, 1.165) is 5.56 Å². The van der Waals surface area contributed by atoms with Crippen LogP contribution in [0.1, 0.15) is 26.4 Å². The van der Waals surface area contributed by atoms with Gasteiger partial charge >= 0.3 is 11.9 Å². The van der Waals surface area contributed by atoms with Crippen LogP contribution in [0.3, 0.4) is 0 Å². The average molecular weight is 248 g/mol. The summed E-state index contributed by atoms with van der Waals surface area (Å²) >= 11 is 0. The van der Waals surface area contributed by atoms with E-state index in [2.05, 4.69) is 19.7 Å². The van der Waals surface area contributed by atoms with Gasteiger partial charge in [-0.15, -0.1) is 0 Å². The lowest BCUT2D eigenvalue weighted by Gasteiger charge is -2.04. The lowest BCUT2D eigenvalue weighted by atomic mass is 10.0. The zero-order valence-electron chi connectivity index (χ0n) is 10.2. The average Bonchev–Trinajstić information content (AvgIpc) is 2.78. The first-order valence-electron chi connectivity index (χ1n) is 5.23. The van der Waals surface area contributed by atoms with Gasteiger partial charge in [-0.05, 0) is 24.6 Å². The summed E-state index contributed by atoms with van der Waals surface area (Å²) in [7, 11) is 2.58. The highest BCUT2D eigenvalue weighted by Gasteiger charge is 2.18. The van der Waals surface area contributed by atoms with Gasteiger partial charge in [0.05, 0.1) is 25.3 Å². The molecule has 2 aromatic rings. The van der Waals surface area contributed by atoms with Gasteiger partial charge < -0.3 is 9.47 Å². The minimum Gasteiger partial charge on any atom is -0.465 e. The minimum atomic E-state index is -0.555. The molecule has 0 radical (unpaired) electrons. The van der Waals surface area contributed by atoms with Crippen molar-refractivity contribution in [3.63, 3.8) is 0 Å². The molecule has 18 heavy (non-hydrogen) atoms.